The number of aryl methyl sites for hydroxylation is 1. The van der Waals surface area contributed by atoms with Gasteiger partial charge in [0, 0.05) is 18.4 Å². The van der Waals surface area contributed by atoms with Crippen LogP contribution in [0.1, 0.15) is 19.1 Å². The highest BCUT2D eigenvalue weighted by atomic mass is 32.2. The first kappa shape index (κ1) is 13.1. The van der Waals surface area contributed by atoms with Crippen molar-refractivity contribution in [2.75, 3.05) is 12.3 Å². The fourth-order valence-electron chi connectivity index (χ4n) is 1.75. The van der Waals surface area contributed by atoms with E-state index >= 15 is 0 Å². The lowest BCUT2D eigenvalue weighted by molar-refractivity contribution is 0.534. The van der Waals surface area contributed by atoms with Crippen molar-refractivity contribution in [3.8, 4) is 0 Å². The van der Waals surface area contributed by atoms with Crippen molar-refractivity contribution >= 4 is 21.0 Å². The van der Waals surface area contributed by atoms with Gasteiger partial charge in [-0.15, -0.1) is 0 Å². The summed E-state index contributed by atoms with van der Waals surface area (Å²) in [5.74, 6) is 1.02. The van der Waals surface area contributed by atoms with Crippen LogP contribution in [0.2, 0.25) is 0 Å². The largest absolute Gasteiger partial charge is 0.461 e. The van der Waals surface area contributed by atoms with Gasteiger partial charge in [0.1, 0.15) is 11.3 Å². The molecule has 0 atom stereocenters. The fraction of sp³-hybridized carbons (Fsp3) is 0.385. The monoisotopic (exact) mass is 267 g/mol. The van der Waals surface area contributed by atoms with E-state index in [1.54, 1.807) is 6.92 Å². The molecule has 0 aliphatic carbocycles. The van der Waals surface area contributed by atoms with Crippen LogP contribution in [0.3, 0.4) is 0 Å². The molecule has 18 heavy (non-hydrogen) atoms. The standard InChI is InChI=1S/C13H17NO3S/c1-2-18(15,16)14-9-5-7-12-10-11-6-3-4-8-13(11)17-12/h3-4,6,8,10,14H,2,5,7,9H2,1H3. The predicted molar refractivity (Wildman–Crippen MR) is 72.0 cm³/mol. The lowest BCUT2D eigenvalue weighted by atomic mass is 10.2. The van der Waals surface area contributed by atoms with Crippen molar-refractivity contribution in [1.82, 2.24) is 4.72 Å². The Hall–Kier alpha value is -1.33. The summed E-state index contributed by atoms with van der Waals surface area (Å²) in [4.78, 5) is 0. The predicted octanol–water partition coefficient (Wildman–Crippen LogP) is 2.30. The molecule has 0 aliphatic heterocycles. The number of sulfonamides is 1. The number of hydrogen-bond acceptors (Lipinski definition) is 3. The van der Waals surface area contributed by atoms with Crippen LogP contribution in [-0.2, 0) is 16.4 Å². The molecule has 2 rings (SSSR count). The second-order valence-corrected chi connectivity index (χ2v) is 6.25. The topological polar surface area (TPSA) is 59.3 Å². The smallest absolute Gasteiger partial charge is 0.211 e. The molecule has 4 nitrogen and oxygen atoms in total. The summed E-state index contributed by atoms with van der Waals surface area (Å²) < 4.78 is 30.6. The highest BCUT2D eigenvalue weighted by Crippen LogP contribution is 2.19. The lowest BCUT2D eigenvalue weighted by Crippen LogP contribution is -2.26. The van der Waals surface area contributed by atoms with E-state index in [1.165, 1.54) is 0 Å². The van der Waals surface area contributed by atoms with Gasteiger partial charge in [-0.1, -0.05) is 18.2 Å². The highest BCUT2D eigenvalue weighted by molar-refractivity contribution is 7.89. The van der Waals surface area contributed by atoms with Crippen LogP contribution in [0.5, 0.6) is 0 Å². The Bertz CT molecular complexity index is 583. The molecular formula is C13H17NO3S. The maximum atomic E-state index is 11.2. The lowest BCUT2D eigenvalue weighted by Gasteiger charge is -2.02. The van der Waals surface area contributed by atoms with Gasteiger partial charge >= 0.3 is 0 Å². The summed E-state index contributed by atoms with van der Waals surface area (Å²) in [5, 5.41) is 1.08. The van der Waals surface area contributed by atoms with Crippen molar-refractivity contribution in [3.63, 3.8) is 0 Å². The summed E-state index contributed by atoms with van der Waals surface area (Å²) in [6.45, 7) is 2.08. The first-order chi connectivity index (χ1) is 8.61. The molecule has 98 valence electrons. The minimum absolute atomic E-state index is 0.123. The Balaban J connectivity index is 1.87. The van der Waals surface area contributed by atoms with Crippen molar-refractivity contribution in [1.29, 1.82) is 0 Å². The van der Waals surface area contributed by atoms with Crippen LogP contribution in [-0.4, -0.2) is 20.7 Å². The summed E-state index contributed by atoms with van der Waals surface area (Å²) in [6, 6.07) is 9.84. The van der Waals surface area contributed by atoms with Gasteiger partial charge in [0.05, 0.1) is 5.75 Å². The Labute approximate surface area is 107 Å². The maximum Gasteiger partial charge on any atom is 0.211 e. The average molecular weight is 267 g/mol. The Morgan fingerprint density at radius 3 is 2.78 bits per heavy atom. The summed E-state index contributed by atoms with van der Waals surface area (Å²) in [6.07, 6.45) is 1.47. The zero-order valence-electron chi connectivity index (χ0n) is 10.3. The second-order valence-electron chi connectivity index (χ2n) is 4.15. The molecule has 0 aliphatic rings. The number of fused-ring (bicyclic) bond motifs is 1. The van der Waals surface area contributed by atoms with Crippen molar-refractivity contribution in [2.24, 2.45) is 0 Å². The van der Waals surface area contributed by atoms with Crippen molar-refractivity contribution in [3.05, 3.63) is 36.1 Å². The minimum Gasteiger partial charge on any atom is -0.461 e. The van der Waals surface area contributed by atoms with Crippen LogP contribution >= 0.6 is 0 Å². The quantitative estimate of drug-likeness (QED) is 0.817. The van der Waals surface area contributed by atoms with Crippen molar-refractivity contribution < 1.29 is 12.8 Å². The normalized spacial score (nSPS) is 12.1. The van der Waals surface area contributed by atoms with Gasteiger partial charge in [-0.2, -0.15) is 0 Å². The summed E-state index contributed by atoms with van der Waals surface area (Å²) in [7, 11) is -3.08. The van der Waals surface area contributed by atoms with E-state index < -0.39 is 10.0 Å². The van der Waals surface area contributed by atoms with E-state index in [-0.39, 0.29) is 5.75 Å². The molecule has 0 bridgehead atoms. The molecule has 0 radical (unpaired) electrons. The van der Waals surface area contributed by atoms with E-state index in [4.69, 9.17) is 4.42 Å². The summed E-state index contributed by atoms with van der Waals surface area (Å²) >= 11 is 0. The van der Waals surface area contributed by atoms with Crippen LogP contribution in [0, 0.1) is 0 Å². The molecule has 0 amide bonds. The Morgan fingerprint density at radius 1 is 1.28 bits per heavy atom. The van der Waals surface area contributed by atoms with Crippen LogP contribution in [0.15, 0.2) is 34.7 Å². The molecule has 0 saturated carbocycles. The SMILES string of the molecule is CCS(=O)(=O)NCCCc1cc2ccccc2o1. The number of rotatable bonds is 6. The third-order valence-corrected chi connectivity index (χ3v) is 4.18. The number of nitrogens with one attached hydrogen (secondary N) is 1. The Kier molecular flexibility index (Phi) is 4.04. The Morgan fingerprint density at radius 2 is 2.06 bits per heavy atom. The van der Waals surface area contributed by atoms with E-state index in [9.17, 15) is 8.42 Å². The van der Waals surface area contributed by atoms with Gasteiger partial charge in [0.2, 0.25) is 10.0 Å². The first-order valence-corrected chi connectivity index (χ1v) is 7.71. The number of hydrogen-bond donors (Lipinski definition) is 1. The molecule has 1 aromatic heterocycles. The maximum absolute atomic E-state index is 11.2. The number of para-hydroxylation sites is 1. The van der Waals surface area contributed by atoms with E-state index in [1.807, 2.05) is 30.3 Å². The van der Waals surface area contributed by atoms with E-state index in [0.29, 0.717) is 6.54 Å². The molecule has 0 fully saturated rings. The van der Waals surface area contributed by atoms with Crippen LogP contribution < -0.4 is 4.72 Å². The van der Waals surface area contributed by atoms with Crippen LogP contribution in [0.25, 0.3) is 11.0 Å². The molecule has 0 unspecified atom stereocenters. The van der Waals surface area contributed by atoms with E-state index in [0.717, 1.165) is 29.6 Å². The number of furan rings is 1. The molecule has 5 heteroatoms. The molecule has 1 aromatic carbocycles. The zero-order valence-corrected chi connectivity index (χ0v) is 11.2. The molecule has 0 saturated heterocycles. The van der Waals surface area contributed by atoms with Gasteiger partial charge in [-0.25, -0.2) is 13.1 Å². The average Bonchev–Trinajstić information content (AvgIpc) is 2.77. The third kappa shape index (κ3) is 3.34. The third-order valence-electron chi connectivity index (χ3n) is 2.78. The van der Waals surface area contributed by atoms with Crippen LogP contribution in [0.4, 0.5) is 0 Å². The van der Waals surface area contributed by atoms with Gasteiger partial charge in [0.15, 0.2) is 0 Å². The van der Waals surface area contributed by atoms with Gasteiger partial charge < -0.3 is 4.42 Å². The summed E-state index contributed by atoms with van der Waals surface area (Å²) in [5.41, 5.74) is 0.877. The van der Waals surface area contributed by atoms with Gasteiger partial charge in [-0.05, 0) is 25.5 Å². The molecule has 2 aromatic rings. The first-order valence-electron chi connectivity index (χ1n) is 6.05. The van der Waals surface area contributed by atoms with Gasteiger partial charge in [0.25, 0.3) is 0 Å². The molecule has 0 spiro atoms. The highest BCUT2D eigenvalue weighted by Gasteiger charge is 2.06. The van der Waals surface area contributed by atoms with E-state index in [2.05, 4.69) is 4.72 Å². The molecular weight excluding hydrogens is 250 g/mol. The zero-order chi connectivity index (χ0) is 13.0. The second kappa shape index (κ2) is 5.54. The number of benzene rings is 1. The van der Waals surface area contributed by atoms with Crippen molar-refractivity contribution in [2.45, 2.75) is 19.8 Å². The molecule has 1 heterocycles. The van der Waals surface area contributed by atoms with Gasteiger partial charge in [-0.3, -0.25) is 0 Å². The molecule has 1 N–H and O–H groups in total. The fourth-order valence-corrected chi connectivity index (χ4v) is 2.41. The minimum atomic E-state index is -3.08.